The molecule has 0 aliphatic rings. The minimum Gasteiger partial charge on any atom is -0.766 e. The topological polar surface area (TPSA) is 47.0 Å². The SMILES string of the molecule is CS/C([S-])=C(/C(N)=O)[n+]1cccc(C)c1. The maximum absolute atomic E-state index is 11.3. The third-order valence-electron chi connectivity index (χ3n) is 1.82. The fourth-order valence-corrected chi connectivity index (χ4v) is 1.77. The third-order valence-corrected chi connectivity index (χ3v) is 3.08. The van der Waals surface area contributed by atoms with E-state index in [9.17, 15) is 4.79 Å². The van der Waals surface area contributed by atoms with Gasteiger partial charge in [-0.1, -0.05) is 4.24 Å². The second kappa shape index (κ2) is 5.14. The molecule has 0 unspecified atom stereocenters. The van der Waals surface area contributed by atoms with E-state index in [4.69, 9.17) is 18.4 Å². The van der Waals surface area contributed by atoms with Crippen molar-refractivity contribution in [3.63, 3.8) is 0 Å². The van der Waals surface area contributed by atoms with Crippen LogP contribution in [-0.4, -0.2) is 12.2 Å². The number of pyridine rings is 1. The maximum Gasteiger partial charge on any atom is 0.312 e. The van der Waals surface area contributed by atoms with E-state index in [1.807, 2.05) is 31.5 Å². The fourth-order valence-electron chi connectivity index (χ4n) is 1.16. The van der Waals surface area contributed by atoms with Gasteiger partial charge in [0.2, 0.25) is 0 Å². The van der Waals surface area contributed by atoms with Gasteiger partial charge in [-0.2, -0.15) is 16.3 Å². The summed E-state index contributed by atoms with van der Waals surface area (Å²) in [5.74, 6) is -0.509. The Balaban J connectivity index is 3.29. The van der Waals surface area contributed by atoms with Crippen molar-refractivity contribution >= 4 is 36.0 Å². The number of aryl methyl sites for hydroxylation is 1. The monoisotopic (exact) mass is 240 g/mol. The van der Waals surface area contributed by atoms with E-state index in [2.05, 4.69) is 0 Å². The van der Waals surface area contributed by atoms with Crippen LogP contribution in [0.1, 0.15) is 5.56 Å². The van der Waals surface area contributed by atoms with Gasteiger partial charge in [-0.3, -0.25) is 4.79 Å². The molecular weight excluding hydrogens is 228 g/mol. The molecule has 0 aliphatic carbocycles. The van der Waals surface area contributed by atoms with Crippen LogP contribution in [0.4, 0.5) is 0 Å². The Bertz CT molecular complexity index is 416. The lowest BCUT2D eigenvalue weighted by molar-refractivity contribution is -0.577. The number of primary amides is 1. The van der Waals surface area contributed by atoms with Gasteiger partial charge in [0.1, 0.15) is 0 Å². The molecule has 1 amide bonds. The fraction of sp³-hybridized carbons (Fsp3) is 0.200. The van der Waals surface area contributed by atoms with Crippen molar-refractivity contribution in [2.24, 2.45) is 5.73 Å². The number of rotatable bonds is 3. The Kier molecular flexibility index (Phi) is 4.11. The minimum absolute atomic E-state index is 0.348. The van der Waals surface area contributed by atoms with Crippen LogP contribution in [0.15, 0.2) is 28.8 Å². The number of carbonyl (C=O) groups excluding carboxylic acids is 1. The summed E-state index contributed by atoms with van der Waals surface area (Å²) in [4.78, 5) is 11.3. The molecule has 0 bridgehead atoms. The first-order valence-corrected chi connectivity index (χ1v) is 5.93. The van der Waals surface area contributed by atoms with E-state index < -0.39 is 5.91 Å². The number of amides is 1. The predicted molar refractivity (Wildman–Crippen MR) is 64.7 cm³/mol. The Hall–Kier alpha value is -1.07. The van der Waals surface area contributed by atoms with Crippen LogP contribution < -0.4 is 10.3 Å². The first-order chi connectivity index (χ1) is 7.06. The van der Waals surface area contributed by atoms with Crippen LogP contribution in [0.3, 0.4) is 0 Å². The quantitative estimate of drug-likeness (QED) is 0.483. The molecule has 0 fully saturated rings. The molecule has 5 heteroatoms. The summed E-state index contributed by atoms with van der Waals surface area (Å²) >= 11 is 6.42. The van der Waals surface area contributed by atoms with E-state index in [1.165, 1.54) is 11.8 Å². The average molecular weight is 240 g/mol. The molecule has 80 valence electrons. The van der Waals surface area contributed by atoms with Crippen LogP contribution in [0.25, 0.3) is 5.70 Å². The molecule has 0 saturated heterocycles. The van der Waals surface area contributed by atoms with E-state index in [1.54, 1.807) is 10.8 Å². The Morgan fingerprint density at radius 3 is 2.73 bits per heavy atom. The van der Waals surface area contributed by atoms with Crippen LogP contribution >= 0.6 is 11.8 Å². The zero-order valence-electron chi connectivity index (χ0n) is 8.56. The third kappa shape index (κ3) is 2.94. The molecule has 0 saturated carbocycles. The maximum atomic E-state index is 11.3. The lowest BCUT2D eigenvalue weighted by atomic mass is 10.3. The molecule has 0 atom stereocenters. The van der Waals surface area contributed by atoms with E-state index in [-0.39, 0.29) is 0 Å². The van der Waals surface area contributed by atoms with Gasteiger partial charge < -0.3 is 18.4 Å². The number of thioether (sulfide) groups is 1. The number of hydrogen-bond donors (Lipinski definition) is 1. The van der Waals surface area contributed by atoms with Crippen molar-refractivity contribution < 1.29 is 9.36 Å². The van der Waals surface area contributed by atoms with Gasteiger partial charge in [0.05, 0.1) is 0 Å². The lowest BCUT2D eigenvalue weighted by Gasteiger charge is -2.09. The van der Waals surface area contributed by atoms with E-state index in [0.717, 1.165) is 5.56 Å². The van der Waals surface area contributed by atoms with Gasteiger partial charge >= 0.3 is 5.91 Å². The van der Waals surface area contributed by atoms with Crippen LogP contribution in [-0.2, 0) is 17.4 Å². The summed E-state index contributed by atoms with van der Waals surface area (Å²) in [7, 11) is 0. The van der Waals surface area contributed by atoms with E-state index in [0.29, 0.717) is 9.93 Å². The highest BCUT2D eigenvalue weighted by Gasteiger charge is 2.16. The second-order valence-electron chi connectivity index (χ2n) is 2.99. The molecule has 1 rings (SSSR count). The lowest BCUT2D eigenvalue weighted by Crippen LogP contribution is -2.39. The number of nitrogens with two attached hydrogens (primary N) is 1. The first-order valence-electron chi connectivity index (χ1n) is 4.29. The van der Waals surface area contributed by atoms with Gasteiger partial charge in [-0.15, -0.1) is 0 Å². The average Bonchev–Trinajstić information content (AvgIpc) is 2.17. The second-order valence-corrected chi connectivity index (χ2v) is 4.48. The zero-order chi connectivity index (χ0) is 11.4. The summed E-state index contributed by atoms with van der Waals surface area (Å²) in [6.45, 7) is 1.94. The van der Waals surface area contributed by atoms with Crippen LogP contribution in [0, 0.1) is 6.92 Å². The highest BCUT2D eigenvalue weighted by atomic mass is 32.2. The normalized spacial score (nSPS) is 12.1. The van der Waals surface area contributed by atoms with Crippen molar-refractivity contribution in [1.29, 1.82) is 0 Å². The largest absolute Gasteiger partial charge is 0.766 e. The molecule has 0 spiro atoms. The molecule has 0 aromatic carbocycles. The number of aromatic nitrogens is 1. The van der Waals surface area contributed by atoms with Gasteiger partial charge in [-0.05, 0) is 19.2 Å². The predicted octanol–water partition coefficient (Wildman–Crippen LogP) is 0.804. The summed E-state index contributed by atoms with van der Waals surface area (Å²) in [6.07, 6.45) is 5.40. The van der Waals surface area contributed by atoms with Crippen molar-refractivity contribution in [1.82, 2.24) is 0 Å². The molecule has 0 aliphatic heterocycles. The van der Waals surface area contributed by atoms with Crippen molar-refractivity contribution in [3.05, 3.63) is 34.3 Å². The van der Waals surface area contributed by atoms with Crippen molar-refractivity contribution in [3.8, 4) is 0 Å². The molecular formula is C10H12N2OS2. The van der Waals surface area contributed by atoms with E-state index >= 15 is 0 Å². The number of hydrogen-bond acceptors (Lipinski definition) is 3. The van der Waals surface area contributed by atoms with Gasteiger partial charge in [0, 0.05) is 11.6 Å². The highest BCUT2D eigenvalue weighted by molar-refractivity contribution is 8.10. The van der Waals surface area contributed by atoms with Crippen LogP contribution in [0.2, 0.25) is 0 Å². The first kappa shape index (κ1) is 12.0. The summed E-state index contributed by atoms with van der Waals surface area (Å²) in [5, 5.41) is 0. The highest BCUT2D eigenvalue weighted by Crippen LogP contribution is 2.14. The molecule has 1 aromatic rings. The number of carbonyl (C=O) groups is 1. The summed E-state index contributed by atoms with van der Waals surface area (Å²) in [6, 6.07) is 3.79. The van der Waals surface area contributed by atoms with Crippen molar-refractivity contribution in [2.75, 3.05) is 6.26 Å². The van der Waals surface area contributed by atoms with Gasteiger partial charge in [0.15, 0.2) is 12.4 Å². The number of nitrogens with zero attached hydrogens (tertiary/aromatic N) is 1. The standard InChI is InChI=1S/C10H12N2OS2/c1-7-4-3-5-12(6-7)8(9(11)13)10(14)15-2/h3-6H,1-2H3,(H2-,11,13,14). The van der Waals surface area contributed by atoms with Crippen molar-refractivity contribution in [2.45, 2.75) is 6.92 Å². The Labute approximate surface area is 98.8 Å². The summed E-state index contributed by atoms with van der Waals surface area (Å²) < 4.78 is 2.16. The molecule has 1 heterocycles. The molecule has 15 heavy (non-hydrogen) atoms. The Morgan fingerprint density at radius 2 is 2.27 bits per heavy atom. The molecule has 2 N–H and O–H groups in total. The molecule has 1 aromatic heterocycles. The Morgan fingerprint density at radius 1 is 1.60 bits per heavy atom. The smallest absolute Gasteiger partial charge is 0.312 e. The van der Waals surface area contributed by atoms with Crippen LogP contribution in [0.5, 0.6) is 0 Å². The molecule has 3 nitrogen and oxygen atoms in total. The minimum atomic E-state index is -0.509. The van der Waals surface area contributed by atoms with Gasteiger partial charge in [-0.25, -0.2) is 0 Å². The molecule has 0 radical (unpaired) electrons. The van der Waals surface area contributed by atoms with Gasteiger partial charge in [0.25, 0.3) is 5.70 Å². The zero-order valence-corrected chi connectivity index (χ0v) is 10.2. The summed E-state index contributed by atoms with van der Waals surface area (Å²) in [5.41, 5.74) is 6.69.